The normalized spacial score (nSPS) is 18.7. The summed E-state index contributed by atoms with van der Waals surface area (Å²) in [5, 5.41) is 28.1. The summed E-state index contributed by atoms with van der Waals surface area (Å²) in [6, 6.07) is 20.9. The molecule has 0 aliphatic carbocycles. The summed E-state index contributed by atoms with van der Waals surface area (Å²) in [5.74, 6) is -2.38. The number of ether oxygens (including phenoxy) is 1. The maximum atomic E-state index is 13.6. The summed E-state index contributed by atoms with van der Waals surface area (Å²) in [7, 11) is 1.82. The van der Waals surface area contributed by atoms with E-state index >= 15 is 0 Å². The highest BCUT2D eigenvalue weighted by molar-refractivity contribution is 7.96. The number of likely N-dealkylation sites (tertiary alicyclic amines) is 1. The van der Waals surface area contributed by atoms with Crippen molar-refractivity contribution in [3.63, 3.8) is 0 Å². The number of halogens is 1. The second-order valence-electron chi connectivity index (χ2n) is 18.3. The molecule has 0 radical (unpaired) electrons. The van der Waals surface area contributed by atoms with Crippen molar-refractivity contribution in [2.45, 2.75) is 102 Å². The van der Waals surface area contributed by atoms with Crippen molar-refractivity contribution in [1.82, 2.24) is 14.5 Å². The van der Waals surface area contributed by atoms with Gasteiger partial charge >= 0.3 is 18.0 Å². The number of aliphatic carboxylic acids is 1. The number of amides is 5. The van der Waals surface area contributed by atoms with Gasteiger partial charge in [0.1, 0.15) is 11.1 Å². The first-order chi connectivity index (χ1) is 32.4. The van der Waals surface area contributed by atoms with Gasteiger partial charge in [-0.15, -0.1) is 11.3 Å². The molecule has 2 atom stereocenters. The zero-order chi connectivity index (χ0) is 48.9. The van der Waals surface area contributed by atoms with E-state index in [4.69, 9.17) is 21.4 Å². The molecule has 0 saturated carbocycles. The number of anilines is 4. The van der Waals surface area contributed by atoms with E-state index in [2.05, 4.69) is 40.2 Å². The molecule has 4 heterocycles. The van der Waals surface area contributed by atoms with Gasteiger partial charge in [-0.05, 0) is 119 Å². The molecule has 68 heavy (non-hydrogen) atoms. The Morgan fingerprint density at radius 3 is 2.40 bits per heavy atom. The fourth-order valence-electron chi connectivity index (χ4n) is 9.20. The first-order valence-electron chi connectivity index (χ1n) is 22.7. The zero-order valence-corrected chi connectivity index (χ0v) is 41.1. The van der Waals surface area contributed by atoms with Gasteiger partial charge in [0.05, 0.1) is 16.3 Å². The summed E-state index contributed by atoms with van der Waals surface area (Å²) in [6.45, 7) is 9.58. The number of urea groups is 1. The Bertz CT molecular complexity index is 2550. The third kappa shape index (κ3) is 11.7. The molecule has 7 rings (SSSR count). The van der Waals surface area contributed by atoms with Crippen LogP contribution >= 0.6 is 34.9 Å². The van der Waals surface area contributed by atoms with Crippen LogP contribution in [-0.4, -0.2) is 113 Å². The van der Waals surface area contributed by atoms with Gasteiger partial charge in [0, 0.05) is 67.9 Å². The second kappa shape index (κ2) is 21.6. The first-order valence-corrected chi connectivity index (χ1v) is 24.8. The fourth-order valence-corrected chi connectivity index (χ4v) is 11.7. The lowest BCUT2D eigenvalue weighted by Crippen LogP contribution is -2.51. The molecule has 4 aromatic rings. The van der Waals surface area contributed by atoms with Crippen LogP contribution in [0.25, 0.3) is 10.4 Å². The number of carboxylic acid groups (broad SMARTS) is 2. The van der Waals surface area contributed by atoms with Crippen molar-refractivity contribution in [1.29, 1.82) is 0 Å². The lowest BCUT2D eigenvalue weighted by Gasteiger charge is -2.45. The number of carbonyl (C=O) groups excluding carboxylic acids is 4. The summed E-state index contributed by atoms with van der Waals surface area (Å²) < 4.78 is 7.67. The minimum Gasteiger partial charge on any atom is -0.479 e. The van der Waals surface area contributed by atoms with Crippen LogP contribution in [0.3, 0.4) is 0 Å². The van der Waals surface area contributed by atoms with Crippen LogP contribution in [0.15, 0.2) is 66.7 Å². The largest absolute Gasteiger partial charge is 0.479 e. The minimum atomic E-state index is -1.25. The molecule has 3 aromatic carbocycles. The standard InChI is InChI=1S/C49H58ClN7O9S2/c1-29(2)56(28-58)39-24-32(12-13-37(39)54(5)38-14-15-40(59)53-46(38)62)31-16-19-55(20-17-31)48(65)52-34-10-6-8-30(22-34)27-67-57-21-18-36(25-49(57,3)4)51-35-11-7-9-33(23-35)44-42(50)43(66-26-41(60)61)45(68-44)47(63)64/h6-13,22-24,28-29,31,36,38,51H,14-21,25-27H2,1-5H3,(H,52,65)(H,60,61)(H,63,64)(H,53,59,62). The Morgan fingerprint density at radius 2 is 1.72 bits per heavy atom. The van der Waals surface area contributed by atoms with E-state index in [-0.39, 0.29) is 63.5 Å². The molecule has 16 nitrogen and oxygen atoms in total. The van der Waals surface area contributed by atoms with E-state index in [1.807, 2.05) is 91.4 Å². The van der Waals surface area contributed by atoms with Crippen molar-refractivity contribution in [3.05, 3.63) is 87.8 Å². The molecule has 362 valence electrons. The number of rotatable bonds is 17. The lowest BCUT2D eigenvalue weighted by molar-refractivity contribution is -0.139. The molecule has 1 aromatic heterocycles. The Morgan fingerprint density at radius 1 is 0.985 bits per heavy atom. The number of nitrogens with one attached hydrogen (secondary N) is 3. The number of benzene rings is 3. The maximum Gasteiger partial charge on any atom is 0.349 e. The molecule has 3 saturated heterocycles. The average Bonchev–Trinajstić information content (AvgIpc) is 3.63. The topological polar surface area (TPSA) is 201 Å². The summed E-state index contributed by atoms with van der Waals surface area (Å²) in [4.78, 5) is 79.2. The number of aromatic carboxylic acids is 1. The van der Waals surface area contributed by atoms with Gasteiger partial charge in [-0.1, -0.05) is 53.9 Å². The van der Waals surface area contributed by atoms with Gasteiger partial charge < -0.3 is 40.3 Å². The van der Waals surface area contributed by atoms with Crippen molar-refractivity contribution >= 4 is 93.8 Å². The SMILES string of the molecule is CC(C)N(C=O)c1cc(C2CCN(C(=O)Nc3cccc(CSN4CCC(Nc5cccc(-c6sc(C(=O)O)c(OCC(=O)O)c6Cl)c5)CC4(C)C)c3)CC2)ccc1N(C)C1CCC(=O)NC1=O. The van der Waals surface area contributed by atoms with Gasteiger partial charge in [0.25, 0.3) is 0 Å². The van der Waals surface area contributed by atoms with Crippen molar-refractivity contribution in [3.8, 4) is 16.2 Å². The quantitative estimate of drug-likeness (QED) is 0.0382. The molecule has 3 aliphatic heterocycles. The first kappa shape index (κ1) is 50.1. The number of thiophene rings is 1. The highest BCUT2D eigenvalue weighted by Crippen LogP contribution is 2.46. The Balaban J connectivity index is 0.912. The number of hydrogen-bond donors (Lipinski definition) is 5. The molecule has 0 bridgehead atoms. The van der Waals surface area contributed by atoms with E-state index in [1.165, 1.54) is 0 Å². The number of carboxylic acids is 2. The Hall–Kier alpha value is -5.82. The molecular weight excluding hydrogens is 930 g/mol. The van der Waals surface area contributed by atoms with E-state index in [1.54, 1.807) is 16.8 Å². The Labute approximate surface area is 409 Å². The van der Waals surface area contributed by atoms with Crippen molar-refractivity contribution in [2.75, 3.05) is 53.7 Å². The fraction of sp³-hybridized carbons (Fsp3) is 0.429. The highest BCUT2D eigenvalue weighted by atomic mass is 35.5. The average molecular weight is 989 g/mol. The number of piperidine rings is 3. The number of nitrogens with zero attached hydrogens (tertiary/aromatic N) is 4. The van der Waals surface area contributed by atoms with E-state index in [0.29, 0.717) is 35.6 Å². The predicted molar refractivity (Wildman–Crippen MR) is 267 cm³/mol. The Kier molecular flexibility index (Phi) is 15.9. The molecule has 19 heteroatoms. The summed E-state index contributed by atoms with van der Waals surface area (Å²) in [5.41, 5.74) is 5.70. The summed E-state index contributed by atoms with van der Waals surface area (Å²) >= 11 is 9.26. The molecule has 3 fully saturated rings. The number of carbonyl (C=O) groups is 6. The minimum absolute atomic E-state index is 0.0622. The van der Waals surface area contributed by atoms with Gasteiger partial charge in [-0.2, -0.15) is 0 Å². The molecule has 2 unspecified atom stereocenters. The molecule has 0 spiro atoms. The van der Waals surface area contributed by atoms with Crippen LogP contribution in [0, 0.1) is 0 Å². The van der Waals surface area contributed by atoms with Gasteiger partial charge in [0.15, 0.2) is 17.2 Å². The van der Waals surface area contributed by atoms with E-state index in [9.17, 15) is 33.9 Å². The van der Waals surface area contributed by atoms with Crippen molar-refractivity contribution < 1.29 is 43.7 Å². The van der Waals surface area contributed by atoms with Gasteiger partial charge in [-0.3, -0.25) is 19.7 Å². The number of likely N-dealkylation sites (N-methyl/N-ethyl adjacent to an activating group) is 1. The molecular formula is C49H58ClN7O9S2. The van der Waals surface area contributed by atoms with Crippen LogP contribution in [0.5, 0.6) is 5.75 Å². The van der Waals surface area contributed by atoms with E-state index < -0.39 is 24.6 Å². The molecule has 5 amide bonds. The second-order valence-corrected chi connectivity index (χ2v) is 20.7. The van der Waals surface area contributed by atoms with Crippen LogP contribution < -0.4 is 30.5 Å². The molecule has 3 aliphatic rings. The lowest BCUT2D eigenvalue weighted by atomic mass is 9.88. The van der Waals surface area contributed by atoms with Crippen LogP contribution in [0.1, 0.15) is 92.9 Å². The third-order valence-electron chi connectivity index (χ3n) is 12.8. The number of imide groups is 1. The molecule has 5 N–H and O–H groups in total. The number of hydrogen-bond acceptors (Lipinski definition) is 12. The van der Waals surface area contributed by atoms with Gasteiger partial charge in [-0.25, -0.2) is 18.7 Å². The summed E-state index contributed by atoms with van der Waals surface area (Å²) in [6.07, 6.45) is 4.69. The highest BCUT2D eigenvalue weighted by Gasteiger charge is 2.36. The monoisotopic (exact) mass is 987 g/mol. The predicted octanol–water partition coefficient (Wildman–Crippen LogP) is 8.76. The maximum absolute atomic E-state index is 13.6. The van der Waals surface area contributed by atoms with Crippen molar-refractivity contribution in [2.24, 2.45) is 0 Å². The van der Waals surface area contributed by atoms with E-state index in [0.717, 1.165) is 83.9 Å². The third-order valence-corrected chi connectivity index (χ3v) is 15.9. The smallest absolute Gasteiger partial charge is 0.349 e. The van der Waals surface area contributed by atoms with Crippen LogP contribution in [0.2, 0.25) is 5.02 Å². The van der Waals surface area contributed by atoms with Crippen LogP contribution in [0.4, 0.5) is 27.5 Å². The van der Waals surface area contributed by atoms with Gasteiger partial charge in [0.2, 0.25) is 18.2 Å². The zero-order valence-electron chi connectivity index (χ0n) is 38.8. The van der Waals surface area contributed by atoms with Crippen LogP contribution in [-0.2, 0) is 24.9 Å².